The van der Waals surface area contributed by atoms with Crippen LogP contribution < -0.4 is 91.2 Å². The summed E-state index contributed by atoms with van der Waals surface area (Å²) in [5.41, 5.74) is 8.90. The maximum Gasteiger partial charge on any atom is 0.303 e. The summed E-state index contributed by atoms with van der Waals surface area (Å²) in [5.74, 6) is -21.4. The number of ketones is 4. The van der Waals surface area contributed by atoms with Crippen molar-refractivity contribution in [3.8, 4) is 5.75 Å². The van der Waals surface area contributed by atoms with Crippen LogP contribution in [-0.2, 0) is 115 Å². The Hall–Kier alpha value is -12.9. The fourth-order valence-corrected chi connectivity index (χ4v) is 15.6. The molecule has 0 spiro atoms. The summed E-state index contributed by atoms with van der Waals surface area (Å²) in [5, 5.41) is 72.1. The Balaban J connectivity index is 1.57. The van der Waals surface area contributed by atoms with E-state index in [2.05, 4.69) is 84.7 Å². The molecule has 2 heterocycles. The van der Waals surface area contributed by atoms with Gasteiger partial charge < -0.3 is 112 Å². The van der Waals surface area contributed by atoms with E-state index in [-0.39, 0.29) is 75.6 Å². The molecule has 4 unspecified atom stereocenters. The van der Waals surface area contributed by atoms with Crippen molar-refractivity contribution in [1.82, 2.24) is 84.7 Å². The Morgan fingerprint density at radius 1 is 0.507 bits per heavy atom. The molecule has 23 N–H and O–H groups in total. The molecule has 41 nitrogen and oxygen atoms in total. The fraction of sp³-hybridized carbons (Fsp3) is 0.588. The average Bonchev–Trinajstić information content (AvgIpc) is 1.72. The molecule has 138 heavy (non-hydrogen) atoms. The molecule has 0 aliphatic carbocycles. The van der Waals surface area contributed by atoms with Crippen molar-refractivity contribution in [2.24, 2.45) is 35.1 Å². The van der Waals surface area contributed by atoms with E-state index in [1.54, 1.807) is 88.5 Å². The van der Waals surface area contributed by atoms with Crippen LogP contribution in [0.3, 0.4) is 0 Å². The molecule has 0 saturated carbocycles. The number of carboxylic acids is 1. The van der Waals surface area contributed by atoms with Crippen molar-refractivity contribution in [2.75, 3.05) is 13.1 Å². The van der Waals surface area contributed by atoms with E-state index in [9.17, 15) is 82.4 Å². The lowest BCUT2D eigenvalue weighted by Crippen LogP contribution is -2.65. The van der Waals surface area contributed by atoms with Crippen LogP contribution >= 0.6 is 0 Å². The summed E-state index contributed by atoms with van der Waals surface area (Å²) in [7, 11) is 0. The molecule has 1 fully saturated rings. The number of phenolic OH excluding ortho intramolecular Hbond substituents is 1. The predicted octanol–water partition coefficient (Wildman–Crippen LogP) is 0.962. The van der Waals surface area contributed by atoms with Gasteiger partial charge in [-0.1, -0.05) is 153 Å². The molecule has 3 aromatic carbocycles. The third-order valence-corrected chi connectivity index (χ3v) is 24.1. The third kappa shape index (κ3) is 38.2. The van der Waals surface area contributed by atoms with Gasteiger partial charge >= 0.3 is 5.97 Å². The summed E-state index contributed by atoms with van der Waals surface area (Å²) in [6, 6.07) is 1.22. The molecule has 760 valence electrons. The highest BCUT2D eigenvalue weighted by molar-refractivity contribution is 6.41. The van der Waals surface area contributed by atoms with Gasteiger partial charge in [0, 0.05) is 75.1 Å². The zero-order valence-electron chi connectivity index (χ0n) is 81.7. The summed E-state index contributed by atoms with van der Waals surface area (Å²) in [4.78, 5) is 284. The van der Waals surface area contributed by atoms with E-state index >= 15 is 28.8 Å². The SMILES string of the molecule is CC(=O)N[C@@H](CC(C)C)C(=O)N[C@H](C(=O)N[C@@H](Cc1ccccc1)C(=O)N[C@@]1(C)CCCCCCCCCCC[C@@](C)(C(=O)NC(C)C(=O)N[C@@H](C)C(=O)NC(C)C(=O)N[C@@H](C)C(=O)C(=O)[C@H](C)NC[C@H](C)C(N)=O)NC(=O)[C@H](CC(C)C)CN[C@@H](CCC(N)=O)C(=O)C(=O)C(C)NC(=O)[C@H](Cc2c[nH]c3ccccc23)NC(=O)C(Cc2ccc(O)cc2)NC(=O)[C@H](CCC(=O)O)NC1=O)[C@@H](C)O. The number of nitrogens with one attached hydrogen (secondary N) is 16. The number of aromatic nitrogens is 1. The Kier molecular flexibility index (Phi) is 47.0. The van der Waals surface area contributed by atoms with Crippen LogP contribution in [0.4, 0.5) is 0 Å². The van der Waals surface area contributed by atoms with E-state index < -0.39 is 257 Å². The Labute approximate surface area is 804 Å². The topological polar surface area (TPSA) is 650 Å². The number of amides is 15. The lowest BCUT2D eigenvalue weighted by atomic mass is 9.89. The highest BCUT2D eigenvalue weighted by Crippen LogP contribution is 2.26. The number of H-pyrrole nitrogens is 1. The summed E-state index contributed by atoms with van der Waals surface area (Å²) < 4.78 is 0. The van der Waals surface area contributed by atoms with Gasteiger partial charge in [0.05, 0.1) is 36.2 Å². The fourth-order valence-electron chi connectivity index (χ4n) is 15.6. The smallest absolute Gasteiger partial charge is 0.303 e. The number of benzene rings is 3. The van der Waals surface area contributed by atoms with Crippen LogP contribution in [-0.4, -0.2) is 247 Å². The van der Waals surface area contributed by atoms with Gasteiger partial charge in [0.15, 0.2) is 0 Å². The van der Waals surface area contributed by atoms with Crippen LogP contribution in [0.2, 0.25) is 0 Å². The molecule has 0 bridgehead atoms. The van der Waals surface area contributed by atoms with Crippen molar-refractivity contribution >= 4 is 129 Å². The number of aromatic hydroxyl groups is 1. The highest BCUT2D eigenvalue weighted by Gasteiger charge is 2.44. The van der Waals surface area contributed by atoms with Gasteiger partial charge in [-0.05, 0) is 148 Å². The van der Waals surface area contributed by atoms with Crippen LogP contribution in [0.25, 0.3) is 10.9 Å². The number of aliphatic hydroxyl groups is 1. The molecule has 18 atom stereocenters. The number of phenols is 1. The number of carbonyl (C=O) groups is 20. The maximum absolute atomic E-state index is 15.6. The zero-order valence-corrected chi connectivity index (χ0v) is 81.7. The molecular weight excluding hydrogens is 1790 g/mol. The number of hydrogen-bond acceptors (Lipinski definition) is 24. The number of nitrogens with two attached hydrogens (primary N) is 2. The number of fused-ring (bicyclic) bond motifs is 1. The number of aliphatic hydroxyl groups excluding tert-OH is 1. The van der Waals surface area contributed by atoms with E-state index in [1.807, 2.05) is 0 Å². The van der Waals surface area contributed by atoms with Crippen LogP contribution in [0.1, 0.15) is 230 Å². The first-order valence-electron chi connectivity index (χ1n) is 47.3. The number of rotatable bonds is 39. The number of hydrogen-bond donors (Lipinski definition) is 21. The van der Waals surface area contributed by atoms with E-state index in [1.165, 1.54) is 100 Å². The average molecular weight is 1930 g/mol. The van der Waals surface area contributed by atoms with Gasteiger partial charge in [-0.3, -0.25) is 95.9 Å². The van der Waals surface area contributed by atoms with Crippen molar-refractivity contribution in [3.05, 3.63) is 102 Å². The Bertz CT molecular complexity index is 4910. The lowest BCUT2D eigenvalue weighted by Gasteiger charge is -2.34. The molecule has 1 aliphatic heterocycles. The Morgan fingerprint density at radius 2 is 1.04 bits per heavy atom. The monoisotopic (exact) mass is 1930 g/mol. The van der Waals surface area contributed by atoms with Gasteiger partial charge in [-0.15, -0.1) is 0 Å². The number of para-hydroxylation sites is 1. The first-order chi connectivity index (χ1) is 64.8. The van der Waals surface area contributed by atoms with Gasteiger partial charge in [0.25, 0.3) is 0 Å². The number of Topliss-reactive ketones (excluding diaryl/α,β-unsaturated/α-hetero) is 4. The molecule has 1 aromatic heterocycles. The summed E-state index contributed by atoms with van der Waals surface area (Å²) in [6.07, 6.45) is 1.17. The minimum absolute atomic E-state index is 0.00230. The standard InChI is InChI=1S/C97H144N18O23/c1-52(2)44-66-51-102-70(38-40-76(98)119)82(125)81(124)57(8)104-89(132)75(48-65-50-101-69-33-27-26-32-68(65)69)110-90(133)73(47-64-34-36-67(118)37-35-64)109-88(131)71(39-41-77(120)121)112-95(138)97(15,115-92(135)74(46-63-30-24-23-25-31-63)111-93(136)78(61(12)116)113-91(134)72(45-53(3)4)108-62(13)117)43-29-22-20-18-16-17-19-21-28-42-96(14,114-87(66)130)94(137)107-60(11)86(129)106-59(10)85(128)105-58(9)84(127)103-56(7)80(123)79(122)55(6)100-49-54(5)83(99)126/h23-27,30-37,50,52-61,66,70-75,78,100-102,116,118H,16-22,28-29,38-49,51H2,1-15H3,(H2,98,119)(H2,99,126)(H,103,127)(H,104,132)(H,105,128)(H,106,129)(H,107,137)(H,108,117)(H,109,131)(H,110,133)(H,111,136)(H,112,138)(H,113,134)(H,114,130)(H,115,135)(H,120,121)/t54-,55-,56-,57?,58?,59-,60?,61+,66+,70-,71-,72-,73?,74-,75-,78-,96-,97-/m0/s1. The van der Waals surface area contributed by atoms with Gasteiger partial charge in [0.2, 0.25) is 112 Å². The largest absolute Gasteiger partial charge is 0.508 e. The van der Waals surface area contributed by atoms with Crippen LogP contribution in [0.15, 0.2) is 85.1 Å². The molecule has 0 radical (unpaired) electrons. The van der Waals surface area contributed by atoms with Crippen molar-refractivity contribution < 1.29 is 111 Å². The summed E-state index contributed by atoms with van der Waals surface area (Å²) in [6.45, 7) is 21.4. The molecular formula is C97H144N18O23. The minimum Gasteiger partial charge on any atom is -0.508 e. The second-order valence-corrected chi connectivity index (χ2v) is 37.5. The molecule has 41 heteroatoms. The molecule has 15 amide bonds. The lowest BCUT2D eigenvalue weighted by molar-refractivity contribution is -0.140. The molecule has 4 aromatic rings. The van der Waals surface area contributed by atoms with Crippen molar-refractivity contribution in [3.63, 3.8) is 0 Å². The van der Waals surface area contributed by atoms with E-state index in [4.69, 9.17) is 11.5 Å². The van der Waals surface area contributed by atoms with Gasteiger partial charge in [0.1, 0.15) is 71.2 Å². The number of carbonyl (C=O) groups excluding carboxylic acids is 19. The third-order valence-electron chi connectivity index (χ3n) is 24.1. The maximum atomic E-state index is 15.6. The summed E-state index contributed by atoms with van der Waals surface area (Å²) >= 11 is 0. The van der Waals surface area contributed by atoms with E-state index in [0.717, 1.165) is 0 Å². The normalized spacial score (nSPS) is 21.9. The highest BCUT2D eigenvalue weighted by atomic mass is 16.4. The zero-order chi connectivity index (χ0) is 103. The van der Waals surface area contributed by atoms with Crippen molar-refractivity contribution in [2.45, 2.75) is 328 Å². The van der Waals surface area contributed by atoms with Crippen LogP contribution in [0.5, 0.6) is 5.75 Å². The second kappa shape index (κ2) is 56.1. The molecule has 5 rings (SSSR count). The number of aliphatic carboxylic acids is 1. The quantitative estimate of drug-likeness (QED) is 0.0277. The first kappa shape index (κ1) is 116. The van der Waals surface area contributed by atoms with Gasteiger partial charge in [-0.2, -0.15) is 0 Å². The molecule has 1 aliphatic rings. The predicted molar refractivity (Wildman–Crippen MR) is 510 cm³/mol. The second-order valence-electron chi connectivity index (χ2n) is 37.5. The number of primary amides is 2. The van der Waals surface area contributed by atoms with E-state index in [0.29, 0.717) is 79.0 Å². The van der Waals surface area contributed by atoms with Crippen molar-refractivity contribution in [1.29, 1.82) is 0 Å². The minimum atomic E-state index is -2.07. The first-order valence-corrected chi connectivity index (χ1v) is 47.3. The number of carboxylic acid groups (broad SMARTS) is 1. The van der Waals surface area contributed by atoms with Gasteiger partial charge in [-0.25, -0.2) is 0 Å². The Morgan fingerprint density at radius 3 is 1.59 bits per heavy atom. The molecule has 1 saturated heterocycles. The number of aromatic amines is 1. The van der Waals surface area contributed by atoms with Crippen LogP contribution in [0, 0.1) is 23.7 Å².